The molecule has 3 aromatic rings. The van der Waals surface area contributed by atoms with Gasteiger partial charge in [-0.25, -0.2) is 5.43 Å². The molecule has 1 N–H and O–H groups in total. The zero-order chi connectivity index (χ0) is 22.3. The zero-order valence-corrected chi connectivity index (χ0v) is 17.9. The number of hydrogen-bond acceptors (Lipinski definition) is 4. The highest BCUT2D eigenvalue weighted by Crippen LogP contribution is 2.24. The van der Waals surface area contributed by atoms with Gasteiger partial charge in [0.25, 0.3) is 5.91 Å². The van der Waals surface area contributed by atoms with E-state index in [4.69, 9.17) is 10.00 Å². The summed E-state index contributed by atoms with van der Waals surface area (Å²) in [5, 5.41) is 12.8. The zero-order valence-electron chi connectivity index (χ0n) is 17.9. The molecule has 31 heavy (non-hydrogen) atoms. The Hall–Kier alpha value is -3.91. The van der Waals surface area contributed by atoms with Crippen molar-refractivity contribution in [3.63, 3.8) is 0 Å². The lowest BCUT2D eigenvalue weighted by Crippen LogP contribution is -2.17. The van der Waals surface area contributed by atoms with Crippen molar-refractivity contribution in [1.82, 2.24) is 5.43 Å². The molecule has 0 aliphatic heterocycles. The fourth-order valence-electron chi connectivity index (χ4n) is 2.84. The van der Waals surface area contributed by atoms with Crippen LogP contribution in [-0.4, -0.2) is 12.1 Å². The van der Waals surface area contributed by atoms with Gasteiger partial charge in [0.05, 0.1) is 17.8 Å². The van der Waals surface area contributed by atoms with Crippen LogP contribution in [0.4, 0.5) is 0 Å². The molecule has 5 heteroatoms. The first-order valence-electron chi connectivity index (χ1n) is 10.0. The van der Waals surface area contributed by atoms with Crippen LogP contribution in [-0.2, 0) is 12.0 Å². The number of nitriles is 1. The summed E-state index contributed by atoms with van der Waals surface area (Å²) < 4.78 is 5.85. The molecule has 0 aliphatic rings. The highest BCUT2D eigenvalue weighted by atomic mass is 16.5. The number of benzene rings is 3. The normalized spacial score (nSPS) is 11.2. The summed E-state index contributed by atoms with van der Waals surface area (Å²) in [7, 11) is 0. The standard InChI is InChI=1S/C26H25N3O2/c1-26(2,3)23-12-14-24(15-13-23)31-18-21-8-10-22(11-9-21)25(30)29-28-17-20-6-4-19(16-27)5-7-20/h4-15,17H,18H2,1-3H3,(H,29,30)/b28-17+. The van der Waals surface area contributed by atoms with E-state index in [1.54, 1.807) is 36.4 Å². The second kappa shape index (κ2) is 9.73. The van der Waals surface area contributed by atoms with Gasteiger partial charge >= 0.3 is 0 Å². The van der Waals surface area contributed by atoms with E-state index in [1.165, 1.54) is 11.8 Å². The fourth-order valence-corrected chi connectivity index (χ4v) is 2.84. The molecule has 0 heterocycles. The van der Waals surface area contributed by atoms with Gasteiger partial charge < -0.3 is 4.74 Å². The smallest absolute Gasteiger partial charge is 0.271 e. The molecule has 0 bridgehead atoms. The van der Waals surface area contributed by atoms with Crippen molar-refractivity contribution in [2.75, 3.05) is 0 Å². The lowest BCUT2D eigenvalue weighted by Gasteiger charge is -2.19. The monoisotopic (exact) mass is 411 g/mol. The molecule has 3 rings (SSSR count). The van der Waals surface area contributed by atoms with Crippen LogP contribution in [0.3, 0.4) is 0 Å². The quantitative estimate of drug-likeness (QED) is 0.448. The van der Waals surface area contributed by atoms with Gasteiger partial charge in [-0.15, -0.1) is 0 Å². The van der Waals surface area contributed by atoms with Gasteiger partial charge in [-0.05, 0) is 58.5 Å². The predicted molar refractivity (Wildman–Crippen MR) is 122 cm³/mol. The molecule has 1 amide bonds. The molecule has 0 atom stereocenters. The van der Waals surface area contributed by atoms with Crippen molar-refractivity contribution in [3.8, 4) is 11.8 Å². The third-order valence-corrected chi connectivity index (χ3v) is 4.76. The van der Waals surface area contributed by atoms with Crippen LogP contribution in [0.2, 0.25) is 0 Å². The van der Waals surface area contributed by atoms with Crippen LogP contribution in [0.15, 0.2) is 77.9 Å². The number of hydrazone groups is 1. The van der Waals surface area contributed by atoms with E-state index < -0.39 is 0 Å². The summed E-state index contributed by atoms with van der Waals surface area (Å²) in [4.78, 5) is 12.2. The summed E-state index contributed by atoms with van der Waals surface area (Å²) in [6.07, 6.45) is 1.53. The van der Waals surface area contributed by atoms with E-state index in [0.717, 1.165) is 16.9 Å². The molecule has 0 aromatic heterocycles. The number of carbonyl (C=O) groups is 1. The Morgan fingerprint density at radius 3 is 2.23 bits per heavy atom. The molecular weight excluding hydrogens is 386 g/mol. The lowest BCUT2D eigenvalue weighted by atomic mass is 9.87. The summed E-state index contributed by atoms with van der Waals surface area (Å²) in [6.45, 7) is 6.96. The Bertz CT molecular complexity index is 1090. The molecule has 0 aliphatic carbocycles. The number of hydrogen-bond donors (Lipinski definition) is 1. The number of carbonyl (C=O) groups excluding carboxylic acids is 1. The minimum atomic E-state index is -0.296. The molecule has 5 nitrogen and oxygen atoms in total. The number of nitrogens with one attached hydrogen (secondary N) is 1. The molecule has 0 spiro atoms. The molecule has 0 saturated carbocycles. The summed E-state index contributed by atoms with van der Waals surface area (Å²) in [6, 6.07) is 24.3. The first-order chi connectivity index (χ1) is 14.8. The first kappa shape index (κ1) is 21.8. The maximum atomic E-state index is 12.2. The third kappa shape index (κ3) is 6.28. The second-order valence-electron chi connectivity index (χ2n) is 8.19. The Labute approximate surface area is 183 Å². The Morgan fingerprint density at radius 1 is 1.00 bits per heavy atom. The summed E-state index contributed by atoms with van der Waals surface area (Å²) >= 11 is 0. The van der Waals surface area contributed by atoms with Gasteiger partial charge in [0, 0.05) is 5.56 Å². The van der Waals surface area contributed by atoms with Crippen LogP contribution >= 0.6 is 0 Å². The SMILES string of the molecule is CC(C)(C)c1ccc(OCc2ccc(C(=O)N/N=C/c3ccc(C#N)cc3)cc2)cc1. The van der Waals surface area contributed by atoms with E-state index in [0.29, 0.717) is 17.7 Å². The molecule has 0 saturated heterocycles. The largest absolute Gasteiger partial charge is 0.489 e. The van der Waals surface area contributed by atoms with Crippen LogP contribution < -0.4 is 10.2 Å². The summed E-state index contributed by atoms with van der Waals surface area (Å²) in [5.41, 5.74) is 6.73. The van der Waals surface area contributed by atoms with E-state index in [1.807, 2.05) is 24.3 Å². The Balaban J connectivity index is 1.51. The number of ether oxygens (including phenoxy) is 1. The lowest BCUT2D eigenvalue weighted by molar-refractivity contribution is 0.0955. The average molecular weight is 412 g/mol. The molecule has 0 fully saturated rings. The molecule has 3 aromatic carbocycles. The van der Waals surface area contributed by atoms with Gasteiger partial charge in [0.2, 0.25) is 0 Å². The van der Waals surface area contributed by atoms with Gasteiger partial charge in [0.15, 0.2) is 0 Å². The maximum Gasteiger partial charge on any atom is 0.271 e. The number of amides is 1. The average Bonchev–Trinajstić information content (AvgIpc) is 2.78. The van der Waals surface area contributed by atoms with Crippen LogP contribution in [0, 0.1) is 11.3 Å². The number of nitrogens with zero attached hydrogens (tertiary/aromatic N) is 2. The van der Waals surface area contributed by atoms with Crippen molar-refractivity contribution in [3.05, 3.63) is 101 Å². The minimum absolute atomic E-state index is 0.112. The second-order valence-corrected chi connectivity index (χ2v) is 8.19. The highest BCUT2D eigenvalue weighted by Gasteiger charge is 2.13. The van der Waals surface area contributed by atoms with E-state index in [9.17, 15) is 4.79 Å². The molecule has 0 unspecified atom stereocenters. The predicted octanol–water partition coefficient (Wildman–Crippen LogP) is 5.20. The minimum Gasteiger partial charge on any atom is -0.489 e. The topological polar surface area (TPSA) is 74.5 Å². The van der Waals surface area contributed by atoms with E-state index >= 15 is 0 Å². The van der Waals surface area contributed by atoms with Crippen LogP contribution in [0.1, 0.15) is 53.4 Å². The molecular formula is C26H25N3O2. The van der Waals surface area contributed by atoms with Gasteiger partial charge in [0.1, 0.15) is 12.4 Å². The fraction of sp³-hybridized carbons (Fsp3) is 0.192. The van der Waals surface area contributed by atoms with Gasteiger partial charge in [-0.1, -0.05) is 57.2 Å². The first-order valence-corrected chi connectivity index (χ1v) is 10.0. The number of rotatable bonds is 6. The van der Waals surface area contributed by atoms with Crippen LogP contribution in [0.5, 0.6) is 5.75 Å². The molecule has 156 valence electrons. The van der Waals surface area contributed by atoms with E-state index in [2.05, 4.69) is 49.5 Å². The third-order valence-electron chi connectivity index (χ3n) is 4.76. The molecule has 0 radical (unpaired) electrons. The van der Waals surface area contributed by atoms with Crippen molar-refractivity contribution in [1.29, 1.82) is 5.26 Å². The van der Waals surface area contributed by atoms with Crippen molar-refractivity contribution >= 4 is 12.1 Å². The summed E-state index contributed by atoms with van der Waals surface area (Å²) in [5.74, 6) is 0.516. The highest BCUT2D eigenvalue weighted by molar-refractivity contribution is 5.94. The van der Waals surface area contributed by atoms with Gasteiger partial charge in [-0.2, -0.15) is 10.4 Å². The van der Waals surface area contributed by atoms with Gasteiger partial charge in [-0.3, -0.25) is 4.79 Å². The van der Waals surface area contributed by atoms with Crippen molar-refractivity contribution in [2.45, 2.75) is 32.8 Å². The Kier molecular flexibility index (Phi) is 6.84. The van der Waals surface area contributed by atoms with E-state index in [-0.39, 0.29) is 11.3 Å². The van der Waals surface area contributed by atoms with Crippen LogP contribution in [0.25, 0.3) is 0 Å². The Morgan fingerprint density at radius 2 is 1.65 bits per heavy atom. The maximum absolute atomic E-state index is 12.2. The van der Waals surface area contributed by atoms with Crippen molar-refractivity contribution < 1.29 is 9.53 Å². The van der Waals surface area contributed by atoms with Crippen molar-refractivity contribution in [2.24, 2.45) is 5.10 Å².